The number of halogens is 6. The molecule has 1 saturated carbocycles. The Morgan fingerprint density at radius 1 is 1.00 bits per heavy atom. The number of hydrogen-bond acceptors (Lipinski definition) is 1. The van der Waals surface area contributed by atoms with Crippen molar-refractivity contribution in [1.29, 1.82) is 0 Å². The van der Waals surface area contributed by atoms with Crippen molar-refractivity contribution in [3.63, 3.8) is 0 Å². The van der Waals surface area contributed by atoms with Crippen LogP contribution in [0.2, 0.25) is 0 Å². The van der Waals surface area contributed by atoms with Crippen LogP contribution in [0.4, 0.5) is 26.3 Å². The van der Waals surface area contributed by atoms with Crippen LogP contribution in [0.1, 0.15) is 32.6 Å². The second kappa shape index (κ2) is 4.32. The summed E-state index contributed by atoms with van der Waals surface area (Å²) in [6.07, 6.45) is -13.2. The van der Waals surface area contributed by atoms with Gasteiger partial charge in [-0.05, 0) is 38.5 Å². The van der Waals surface area contributed by atoms with Gasteiger partial charge >= 0.3 is 12.4 Å². The van der Waals surface area contributed by atoms with E-state index in [1.807, 2.05) is 0 Å². The molecule has 0 aliphatic heterocycles. The standard InChI is InChI=1S/C10H15BF6O/c1-7(11,18)6-2-4-8(5-3-6,9(12,13)14)10(15,16)17/h6,18H,2-5,11H2,1H3. The average molecular weight is 276 g/mol. The first kappa shape index (κ1) is 15.7. The topological polar surface area (TPSA) is 20.2 Å². The summed E-state index contributed by atoms with van der Waals surface area (Å²) >= 11 is 0. The van der Waals surface area contributed by atoms with E-state index < -0.39 is 42.0 Å². The van der Waals surface area contributed by atoms with E-state index in [0.717, 1.165) is 0 Å². The van der Waals surface area contributed by atoms with Gasteiger partial charge in [-0.1, -0.05) is 0 Å². The van der Waals surface area contributed by atoms with E-state index in [-0.39, 0.29) is 12.8 Å². The van der Waals surface area contributed by atoms with E-state index in [9.17, 15) is 31.4 Å². The summed E-state index contributed by atoms with van der Waals surface area (Å²) in [5.41, 5.74) is -4.86. The highest BCUT2D eigenvalue weighted by atomic mass is 19.4. The van der Waals surface area contributed by atoms with Gasteiger partial charge in [-0.25, -0.2) is 0 Å². The van der Waals surface area contributed by atoms with Gasteiger partial charge in [0.15, 0.2) is 5.41 Å². The van der Waals surface area contributed by atoms with Crippen molar-refractivity contribution in [2.75, 3.05) is 0 Å². The number of alkyl halides is 6. The van der Waals surface area contributed by atoms with Gasteiger partial charge in [-0.2, -0.15) is 26.3 Å². The predicted molar refractivity (Wildman–Crippen MR) is 55.7 cm³/mol. The van der Waals surface area contributed by atoms with Gasteiger partial charge in [0.2, 0.25) is 0 Å². The van der Waals surface area contributed by atoms with Crippen molar-refractivity contribution < 1.29 is 31.4 Å². The van der Waals surface area contributed by atoms with Crippen LogP contribution >= 0.6 is 0 Å². The van der Waals surface area contributed by atoms with Crippen molar-refractivity contribution in [1.82, 2.24) is 0 Å². The summed E-state index contributed by atoms with van der Waals surface area (Å²) in [5.74, 6) is -0.532. The molecule has 0 spiro atoms. The van der Waals surface area contributed by atoms with Crippen molar-refractivity contribution in [3.8, 4) is 0 Å². The van der Waals surface area contributed by atoms with E-state index in [2.05, 4.69) is 0 Å². The Balaban J connectivity index is 2.95. The third-order valence-corrected chi connectivity index (χ3v) is 3.92. The lowest BCUT2D eigenvalue weighted by Gasteiger charge is -2.45. The Bertz CT molecular complexity index is 279. The van der Waals surface area contributed by atoms with Crippen LogP contribution in [-0.2, 0) is 0 Å². The third kappa shape index (κ3) is 2.63. The summed E-state index contributed by atoms with van der Waals surface area (Å²) in [5, 5.41) is 9.66. The molecule has 0 amide bonds. The van der Waals surface area contributed by atoms with E-state index in [0.29, 0.717) is 0 Å². The molecule has 1 N–H and O–H groups in total. The summed E-state index contributed by atoms with van der Waals surface area (Å²) in [4.78, 5) is 0. The monoisotopic (exact) mass is 276 g/mol. The second-order valence-corrected chi connectivity index (χ2v) is 5.51. The fourth-order valence-corrected chi connectivity index (χ4v) is 2.54. The Hall–Kier alpha value is -0.395. The molecule has 1 atom stereocenters. The van der Waals surface area contributed by atoms with Crippen molar-refractivity contribution >= 4 is 7.85 Å². The van der Waals surface area contributed by atoms with E-state index in [4.69, 9.17) is 0 Å². The molecule has 8 heteroatoms. The molecular formula is C10H15BF6O. The first-order chi connectivity index (χ1) is 7.81. The first-order valence-corrected chi connectivity index (χ1v) is 5.67. The lowest BCUT2D eigenvalue weighted by Crippen LogP contribution is -2.53. The average Bonchev–Trinajstić information content (AvgIpc) is 2.13. The highest BCUT2D eigenvalue weighted by Gasteiger charge is 2.70. The fourth-order valence-electron chi connectivity index (χ4n) is 2.54. The molecule has 1 aliphatic carbocycles. The zero-order valence-corrected chi connectivity index (χ0v) is 10.1. The Labute approximate surface area is 102 Å². The highest BCUT2D eigenvalue weighted by Crippen LogP contribution is 2.59. The lowest BCUT2D eigenvalue weighted by atomic mass is 9.61. The molecule has 0 aromatic heterocycles. The molecule has 0 aromatic rings. The van der Waals surface area contributed by atoms with Gasteiger partial charge in [0, 0.05) is 5.50 Å². The van der Waals surface area contributed by atoms with Gasteiger partial charge in [0.05, 0.1) is 0 Å². The first-order valence-electron chi connectivity index (χ1n) is 5.67. The molecule has 0 aromatic carbocycles. The summed E-state index contributed by atoms with van der Waals surface area (Å²) in [6.45, 7) is 1.41. The summed E-state index contributed by atoms with van der Waals surface area (Å²) < 4.78 is 76.4. The van der Waals surface area contributed by atoms with Crippen molar-refractivity contribution in [2.45, 2.75) is 50.5 Å². The number of hydrogen-bond donors (Lipinski definition) is 1. The summed E-state index contributed by atoms with van der Waals surface area (Å²) in [6, 6.07) is 0. The van der Waals surface area contributed by atoms with Crippen LogP contribution in [0.3, 0.4) is 0 Å². The van der Waals surface area contributed by atoms with Gasteiger partial charge in [0.1, 0.15) is 7.85 Å². The Morgan fingerprint density at radius 3 is 1.56 bits per heavy atom. The van der Waals surface area contributed by atoms with E-state index in [1.165, 1.54) is 14.8 Å². The molecule has 1 unspecified atom stereocenters. The minimum absolute atomic E-state index is 0.275. The normalized spacial score (nSPS) is 25.8. The zero-order valence-electron chi connectivity index (χ0n) is 10.1. The Morgan fingerprint density at radius 2 is 1.33 bits per heavy atom. The largest absolute Gasteiger partial charge is 0.403 e. The third-order valence-electron chi connectivity index (χ3n) is 3.92. The van der Waals surface area contributed by atoms with Crippen LogP contribution in [0.25, 0.3) is 0 Å². The smallest absolute Gasteiger partial charge is 0.399 e. The number of aliphatic hydroxyl groups is 1. The second-order valence-electron chi connectivity index (χ2n) is 5.51. The summed E-state index contributed by atoms with van der Waals surface area (Å²) in [7, 11) is 1.41. The van der Waals surface area contributed by atoms with E-state index >= 15 is 0 Å². The van der Waals surface area contributed by atoms with Gasteiger partial charge in [-0.15, -0.1) is 0 Å². The quantitative estimate of drug-likeness (QED) is 0.576. The molecule has 0 saturated heterocycles. The van der Waals surface area contributed by atoms with Crippen LogP contribution in [0, 0.1) is 11.3 Å². The maximum absolute atomic E-state index is 12.7. The predicted octanol–water partition coefficient (Wildman–Crippen LogP) is 2.63. The molecule has 18 heavy (non-hydrogen) atoms. The van der Waals surface area contributed by atoms with Crippen molar-refractivity contribution in [3.05, 3.63) is 0 Å². The fraction of sp³-hybridized carbons (Fsp3) is 1.00. The van der Waals surface area contributed by atoms with Crippen molar-refractivity contribution in [2.24, 2.45) is 11.3 Å². The molecule has 106 valence electrons. The minimum atomic E-state index is -5.30. The minimum Gasteiger partial charge on any atom is -0.399 e. The van der Waals surface area contributed by atoms with E-state index in [1.54, 1.807) is 0 Å². The molecule has 1 rings (SSSR count). The zero-order chi connectivity index (χ0) is 14.4. The molecule has 0 radical (unpaired) electrons. The lowest BCUT2D eigenvalue weighted by molar-refractivity contribution is -0.352. The molecule has 1 nitrogen and oxygen atoms in total. The van der Waals surface area contributed by atoms with Crippen LogP contribution in [-0.4, -0.2) is 30.8 Å². The maximum atomic E-state index is 12.7. The molecule has 0 bridgehead atoms. The molecule has 0 heterocycles. The highest BCUT2D eigenvalue weighted by molar-refractivity contribution is 6.14. The maximum Gasteiger partial charge on any atom is 0.403 e. The number of rotatable bonds is 1. The SMILES string of the molecule is BC(C)(O)C1CCC(C(F)(F)F)(C(F)(F)F)CC1. The van der Waals surface area contributed by atoms with Gasteiger partial charge < -0.3 is 5.11 Å². The van der Waals surface area contributed by atoms with Gasteiger partial charge in [0.25, 0.3) is 0 Å². The van der Waals surface area contributed by atoms with Crippen LogP contribution in [0.15, 0.2) is 0 Å². The Kier molecular flexibility index (Phi) is 3.76. The van der Waals surface area contributed by atoms with Gasteiger partial charge in [-0.3, -0.25) is 0 Å². The molecular weight excluding hydrogens is 261 g/mol. The molecule has 1 fully saturated rings. The van der Waals surface area contributed by atoms with Crippen LogP contribution in [0.5, 0.6) is 0 Å². The van der Waals surface area contributed by atoms with Crippen LogP contribution < -0.4 is 0 Å². The molecule has 1 aliphatic rings.